The van der Waals surface area contributed by atoms with Gasteiger partial charge < -0.3 is 5.11 Å². The Morgan fingerprint density at radius 1 is 1.13 bits per heavy atom. The van der Waals surface area contributed by atoms with Gasteiger partial charge in [-0.05, 0) is 35.7 Å². The molecule has 1 rings (SSSR count). The van der Waals surface area contributed by atoms with Crippen LogP contribution in [0.5, 0.6) is 0 Å². The first kappa shape index (κ1) is 12.8. The van der Waals surface area contributed by atoms with Crippen molar-refractivity contribution in [2.24, 2.45) is 17.3 Å². The molecular formula is C14H26O. The minimum absolute atomic E-state index is 0.217. The van der Waals surface area contributed by atoms with E-state index in [-0.39, 0.29) is 11.5 Å². The van der Waals surface area contributed by atoms with Crippen molar-refractivity contribution in [3.05, 3.63) is 11.1 Å². The van der Waals surface area contributed by atoms with Gasteiger partial charge in [-0.3, -0.25) is 0 Å². The third-order valence-electron chi connectivity index (χ3n) is 3.46. The molecule has 0 aromatic carbocycles. The third-order valence-corrected chi connectivity index (χ3v) is 3.46. The summed E-state index contributed by atoms with van der Waals surface area (Å²) in [6.07, 6.45) is 1.84. The number of hydrogen-bond donors (Lipinski definition) is 1. The molecular weight excluding hydrogens is 184 g/mol. The Bertz CT molecular complexity index is 259. The predicted molar refractivity (Wildman–Crippen MR) is 65.7 cm³/mol. The summed E-state index contributed by atoms with van der Waals surface area (Å²) in [5, 5.41) is 10.2. The molecule has 0 bridgehead atoms. The van der Waals surface area contributed by atoms with E-state index in [0.717, 1.165) is 12.8 Å². The minimum atomic E-state index is -0.217. The maximum Gasteiger partial charge on any atom is 0.0760 e. The predicted octanol–water partition coefficient (Wildman–Crippen LogP) is 3.78. The van der Waals surface area contributed by atoms with E-state index in [0.29, 0.717) is 11.8 Å². The van der Waals surface area contributed by atoms with E-state index in [2.05, 4.69) is 41.5 Å². The number of allylic oxidation sites excluding steroid dienone is 1. The van der Waals surface area contributed by atoms with Crippen LogP contribution in [0.4, 0.5) is 0 Å². The van der Waals surface area contributed by atoms with Crippen molar-refractivity contribution in [2.45, 2.75) is 60.5 Å². The summed E-state index contributed by atoms with van der Waals surface area (Å²) in [6.45, 7) is 13.4. The van der Waals surface area contributed by atoms with Gasteiger partial charge in [-0.15, -0.1) is 0 Å². The monoisotopic (exact) mass is 210 g/mol. The van der Waals surface area contributed by atoms with Crippen molar-refractivity contribution in [1.82, 2.24) is 0 Å². The molecule has 0 fully saturated rings. The van der Waals surface area contributed by atoms with E-state index < -0.39 is 0 Å². The van der Waals surface area contributed by atoms with Crippen LogP contribution < -0.4 is 0 Å². The number of rotatable bonds is 2. The van der Waals surface area contributed by atoms with Gasteiger partial charge >= 0.3 is 0 Å². The Kier molecular flexibility index (Phi) is 3.65. The molecule has 0 saturated heterocycles. The van der Waals surface area contributed by atoms with Crippen LogP contribution in [-0.2, 0) is 0 Å². The van der Waals surface area contributed by atoms with Gasteiger partial charge in [0.15, 0.2) is 0 Å². The largest absolute Gasteiger partial charge is 0.389 e. The zero-order valence-corrected chi connectivity index (χ0v) is 11.1. The van der Waals surface area contributed by atoms with E-state index >= 15 is 0 Å². The Balaban J connectivity index is 3.11. The van der Waals surface area contributed by atoms with Crippen molar-refractivity contribution >= 4 is 0 Å². The second-order valence-corrected chi connectivity index (χ2v) is 6.35. The molecule has 1 atom stereocenters. The van der Waals surface area contributed by atoms with E-state index in [1.165, 1.54) is 11.1 Å². The van der Waals surface area contributed by atoms with Crippen LogP contribution in [0.25, 0.3) is 0 Å². The van der Waals surface area contributed by atoms with Gasteiger partial charge in [0.25, 0.3) is 0 Å². The van der Waals surface area contributed by atoms with Crippen LogP contribution in [-0.4, -0.2) is 11.2 Å². The molecule has 0 aliphatic heterocycles. The summed E-state index contributed by atoms with van der Waals surface area (Å²) < 4.78 is 0. The number of aliphatic hydroxyl groups excluding tert-OH is 1. The summed E-state index contributed by atoms with van der Waals surface area (Å²) in [4.78, 5) is 0. The molecule has 1 nitrogen and oxygen atoms in total. The Morgan fingerprint density at radius 3 is 2.07 bits per heavy atom. The lowest BCUT2D eigenvalue weighted by Crippen LogP contribution is -2.32. The van der Waals surface area contributed by atoms with Crippen molar-refractivity contribution in [3.63, 3.8) is 0 Å². The van der Waals surface area contributed by atoms with Crippen LogP contribution in [0.1, 0.15) is 54.4 Å². The fraction of sp³-hybridized carbons (Fsp3) is 0.857. The first-order valence-electron chi connectivity index (χ1n) is 6.15. The van der Waals surface area contributed by atoms with Crippen LogP contribution in [0.3, 0.4) is 0 Å². The molecule has 0 aromatic heterocycles. The number of aliphatic hydroxyl groups is 1. The maximum atomic E-state index is 10.2. The molecule has 1 heteroatoms. The molecule has 1 unspecified atom stereocenters. The molecule has 0 radical (unpaired) electrons. The van der Waals surface area contributed by atoms with Crippen LogP contribution >= 0.6 is 0 Å². The van der Waals surface area contributed by atoms with Crippen molar-refractivity contribution < 1.29 is 5.11 Å². The van der Waals surface area contributed by atoms with Crippen molar-refractivity contribution in [1.29, 1.82) is 0 Å². The van der Waals surface area contributed by atoms with Gasteiger partial charge in [0, 0.05) is 0 Å². The second-order valence-electron chi connectivity index (χ2n) is 6.35. The molecule has 1 aliphatic carbocycles. The first-order chi connectivity index (χ1) is 6.74. The average molecular weight is 210 g/mol. The standard InChI is InChI=1S/C14H26O/c1-9(2)11-7-14(5,6)8-12(15)13(11)10(3)4/h9-10,12,15H,7-8H2,1-6H3. The Morgan fingerprint density at radius 2 is 1.67 bits per heavy atom. The Hall–Kier alpha value is -0.300. The van der Waals surface area contributed by atoms with Crippen molar-refractivity contribution in [3.8, 4) is 0 Å². The minimum Gasteiger partial charge on any atom is -0.389 e. The lowest BCUT2D eigenvalue weighted by Gasteiger charge is -2.39. The average Bonchev–Trinajstić information content (AvgIpc) is 1.99. The highest BCUT2D eigenvalue weighted by Crippen LogP contribution is 2.43. The molecule has 1 N–H and O–H groups in total. The summed E-state index contributed by atoms with van der Waals surface area (Å²) in [7, 11) is 0. The van der Waals surface area contributed by atoms with E-state index in [1.807, 2.05) is 0 Å². The van der Waals surface area contributed by atoms with Crippen LogP contribution in [0.2, 0.25) is 0 Å². The molecule has 0 amide bonds. The zero-order valence-electron chi connectivity index (χ0n) is 11.1. The molecule has 1 aliphatic rings. The van der Waals surface area contributed by atoms with Gasteiger partial charge in [0.1, 0.15) is 0 Å². The van der Waals surface area contributed by atoms with Gasteiger partial charge in [0.2, 0.25) is 0 Å². The zero-order chi connectivity index (χ0) is 11.8. The smallest absolute Gasteiger partial charge is 0.0760 e. The molecule has 0 saturated carbocycles. The lowest BCUT2D eigenvalue weighted by atomic mass is 9.68. The van der Waals surface area contributed by atoms with Crippen LogP contribution in [0, 0.1) is 17.3 Å². The molecule has 0 spiro atoms. The summed E-state index contributed by atoms with van der Waals surface area (Å²) in [5.41, 5.74) is 3.07. The quantitative estimate of drug-likeness (QED) is 0.688. The summed E-state index contributed by atoms with van der Waals surface area (Å²) >= 11 is 0. The van der Waals surface area contributed by atoms with E-state index in [1.54, 1.807) is 0 Å². The molecule has 0 aromatic rings. The Labute approximate surface area is 94.6 Å². The highest BCUT2D eigenvalue weighted by atomic mass is 16.3. The highest BCUT2D eigenvalue weighted by molar-refractivity contribution is 5.26. The fourth-order valence-corrected chi connectivity index (χ4v) is 2.83. The van der Waals surface area contributed by atoms with Gasteiger partial charge in [0.05, 0.1) is 6.10 Å². The SMILES string of the molecule is CC(C)C1=C(C(C)C)C(O)CC(C)(C)C1. The summed E-state index contributed by atoms with van der Waals surface area (Å²) in [5.74, 6) is 1.05. The third kappa shape index (κ3) is 2.84. The topological polar surface area (TPSA) is 20.2 Å². The molecule has 0 heterocycles. The van der Waals surface area contributed by atoms with Crippen molar-refractivity contribution in [2.75, 3.05) is 0 Å². The van der Waals surface area contributed by atoms with E-state index in [4.69, 9.17) is 0 Å². The van der Waals surface area contributed by atoms with Gasteiger partial charge in [-0.25, -0.2) is 0 Å². The van der Waals surface area contributed by atoms with Crippen LogP contribution in [0.15, 0.2) is 11.1 Å². The number of hydrogen-bond acceptors (Lipinski definition) is 1. The van der Waals surface area contributed by atoms with Gasteiger partial charge in [-0.2, -0.15) is 0 Å². The lowest BCUT2D eigenvalue weighted by molar-refractivity contribution is 0.115. The first-order valence-corrected chi connectivity index (χ1v) is 6.15. The second kappa shape index (κ2) is 4.29. The normalized spacial score (nSPS) is 26.6. The maximum absolute atomic E-state index is 10.2. The summed E-state index contributed by atoms with van der Waals surface area (Å²) in [6, 6.07) is 0. The fourth-order valence-electron chi connectivity index (χ4n) is 2.83. The van der Waals surface area contributed by atoms with Gasteiger partial charge in [-0.1, -0.05) is 47.1 Å². The van der Waals surface area contributed by atoms with E-state index in [9.17, 15) is 5.11 Å². The highest BCUT2D eigenvalue weighted by Gasteiger charge is 2.34. The molecule has 88 valence electrons. The molecule has 15 heavy (non-hydrogen) atoms.